The van der Waals surface area contributed by atoms with Crippen molar-refractivity contribution in [2.24, 2.45) is 0 Å². The molecule has 0 fully saturated rings. The van der Waals surface area contributed by atoms with E-state index in [1.54, 1.807) is 0 Å². The van der Waals surface area contributed by atoms with E-state index in [2.05, 4.69) is 10.4 Å². The maximum atomic E-state index is 9.34. The summed E-state index contributed by atoms with van der Waals surface area (Å²) in [7, 11) is 0. The van der Waals surface area contributed by atoms with Crippen LogP contribution in [0.2, 0.25) is 0 Å². The Morgan fingerprint density at radius 3 is 2.24 bits per heavy atom. The van der Waals surface area contributed by atoms with Crippen LogP contribution < -0.4 is 9.47 Å². The third kappa shape index (κ3) is 4.32. The Labute approximate surface area is 155 Å². The van der Waals surface area contributed by atoms with Crippen LogP contribution in [0.5, 0.6) is 11.5 Å². The van der Waals surface area contributed by atoms with Gasteiger partial charge in [-0.2, -0.15) is 9.64 Å². The van der Waals surface area contributed by atoms with Crippen LogP contribution in [0.15, 0.2) is 59.6 Å². The Kier molecular flexibility index (Phi) is 5.94. The molecule has 0 unspecified atom stereocenters. The van der Waals surface area contributed by atoms with Crippen molar-refractivity contribution in [2.45, 2.75) is 5.03 Å². The van der Waals surface area contributed by atoms with Crippen LogP contribution >= 0.6 is 23.3 Å². The predicted octanol–water partition coefficient (Wildman–Crippen LogP) is 4.86. The van der Waals surface area contributed by atoms with Crippen LogP contribution in [0.25, 0.3) is 10.4 Å². The summed E-state index contributed by atoms with van der Waals surface area (Å²) in [6.45, 7) is 0.950. The number of hydrogen-bond donors (Lipinski definition) is 0. The summed E-state index contributed by atoms with van der Waals surface area (Å²) >= 11 is 2.84. The molecule has 0 N–H and O–H groups in total. The van der Waals surface area contributed by atoms with E-state index in [9.17, 15) is 5.26 Å². The first kappa shape index (κ1) is 17.3. The van der Waals surface area contributed by atoms with Crippen molar-refractivity contribution in [2.75, 3.05) is 19.5 Å². The molecule has 0 aliphatic carbocycles. The smallest absolute Gasteiger partial charge is 0.128 e. The molecule has 126 valence electrons. The summed E-state index contributed by atoms with van der Waals surface area (Å²) in [5.41, 5.74) is 1.62. The summed E-state index contributed by atoms with van der Waals surface area (Å²) in [5.74, 6) is 1.61. The molecule has 25 heavy (non-hydrogen) atoms. The Morgan fingerprint density at radius 1 is 1.00 bits per heavy atom. The van der Waals surface area contributed by atoms with Gasteiger partial charge in [0.2, 0.25) is 0 Å². The Hall–Kier alpha value is -2.49. The van der Waals surface area contributed by atoms with Gasteiger partial charge in [0.15, 0.2) is 0 Å². The number of hydrogen-bond acceptors (Lipinski definition) is 6. The third-order valence-corrected chi connectivity index (χ3v) is 5.14. The number of nitrogens with zero attached hydrogens (tertiary/aromatic N) is 2. The Balaban J connectivity index is 1.57. The average Bonchev–Trinajstić information content (AvgIpc) is 3.09. The van der Waals surface area contributed by atoms with Crippen LogP contribution in [0.1, 0.15) is 5.56 Å². The fourth-order valence-corrected chi connectivity index (χ4v) is 3.82. The van der Waals surface area contributed by atoms with Crippen molar-refractivity contribution in [1.29, 1.82) is 5.26 Å². The van der Waals surface area contributed by atoms with Crippen LogP contribution in [-0.4, -0.2) is 23.8 Å². The van der Waals surface area contributed by atoms with Gasteiger partial charge in [-0.05, 0) is 59.7 Å². The number of para-hydroxylation sites is 1. The fraction of sp³-hybridized carbons (Fsp3) is 0.158. The monoisotopic (exact) mass is 368 g/mol. The standard InChI is InChI=1S/C19H16N2O2S2/c1-24-19-17(13-20)18(25-21-19)14-7-9-16(10-8-14)23-12-11-22-15-5-3-2-4-6-15/h2-10H,11-12H2,1H3. The van der Waals surface area contributed by atoms with Crippen LogP contribution in [0.4, 0.5) is 0 Å². The molecule has 0 atom stereocenters. The van der Waals surface area contributed by atoms with Crippen molar-refractivity contribution < 1.29 is 9.47 Å². The lowest BCUT2D eigenvalue weighted by Gasteiger charge is -2.08. The third-order valence-electron chi connectivity index (χ3n) is 3.45. The van der Waals surface area contributed by atoms with E-state index in [0.29, 0.717) is 18.8 Å². The molecule has 0 radical (unpaired) electrons. The number of nitriles is 1. The first-order chi connectivity index (χ1) is 12.3. The molecule has 4 nitrogen and oxygen atoms in total. The lowest BCUT2D eigenvalue weighted by atomic mass is 10.1. The largest absolute Gasteiger partial charge is 0.490 e. The molecule has 3 rings (SSSR count). The van der Waals surface area contributed by atoms with Crippen molar-refractivity contribution in [1.82, 2.24) is 4.37 Å². The van der Waals surface area contributed by atoms with Gasteiger partial charge in [-0.25, -0.2) is 0 Å². The minimum atomic E-state index is 0.467. The second-order valence-corrected chi connectivity index (χ2v) is 6.61. The highest BCUT2D eigenvalue weighted by Crippen LogP contribution is 2.34. The molecule has 0 saturated carbocycles. The molecule has 0 amide bonds. The molecule has 0 bridgehead atoms. The van der Waals surface area contributed by atoms with E-state index in [-0.39, 0.29) is 0 Å². The molecular formula is C19H16N2O2S2. The minimum absolute atomic E-state index is 0.467. The number of benzene rings is 2. The quantitative estimate of drug-likeness (QED) is 0.440. The van der Waals surface area contributed by atoms with E-state index in [0.717, 1.165) is 27.0 Å². The van der Waals surface area contributed by atoms with Crippen molar-refractivity contribution in [3.05, 3.63) is 60.2 Å². The molecule has 1 aromatic heterocycles. The van der Waals surface area contributed by atoms with Crippen molar-refractivity contribution in [3.63, 3.8) is 0 Å². The normalized spacial score (nSPS) is 10.2. The van der Waals surface area contributed by atoms with Crippen molar-refractivity contribution >= 4 is 23.3 Å². The van der Waals surface area contributed by atoms with Crippen molar-refractivity contribution in [3.8, 4) is 28.0 Å². The molecule has 3 aromatic rings. The zero-order chi connectivity index (χ0) is 17.5. The van der Waals surface area contributed by atoms with Gasteiger partial charge in [-0.3, -0.25) is 0 Å². The number of aromatic nitrogens is 1. The van der Waals surface area contributed by atoms with Crippen LogP contribution in [-0.2, 0) is 0 Å². The molecule has 6 heteroatoms. The van der Waals surface area contributed by atoms with Gasteiger partial charge in [0.1, 0.15) is 41.4 Å². The maximum absolute atomic E-state index is 9.34. The number of rotatable bonds is 7. The second kappa shape index (κ2) is 8.56. The van der Waals surface area contributed by atoms with E-state index >= 15 is 0 Å². The van der Waals surface area contributed by atoms with Gasteiger partial charge in [0, 0.05) is 0 Å². The highest BCUT2D eigenvalue weighted by atomic mass is 32.2. The molecule has 2 aromatic carbocycles. The second-order valence-electron chi connectivity index (χ2n) is 5.04. The zero-order valence-corrected chi connectivity index (χ0v) is 15.3. The lowest BCUT2D eigenvalue weighted by molar-refractivity contribution is 0.217. The molecular weight excluding hydrogens is 352 g/mol. The summed E-state index contributed by atoms with van der Waals surface area (Å²) < 4.78 is 15.6. The van der Waals surface area contributed by atoms with Crippen LogP contribution in [0, 0.1) is 11.3 Å². The summed E-state index contributed by atoms with van der Waals surface area (Å²) in [6.07, 6.45) is 1.92. The molecule has 0 aliphatic rings. The summed E-state index contributed by atoms with van der Waals surface area (Å²) in [5, 5.41) is 10.1. The Morgan fingerprint density at radius 2 is 1.64 bits per heavy atom. The topological polar surface area (TPSA) is 55.1 Å². The fourth-order valence-electron chi connectivity index (χ4n) is 2.25. The Bertz CT molecular complexity index is 855. The lowest BCUT2D eigenvalue weighted by Crippen LogP contribution is -2.08. The van der Waals surface area contributed by atoms with E-state index < -0.39 is 0 Å². The SMILES string of the molecule is CSc1nsc(-c2ccc(OCCOc3ccccc3)cc2)c1C#N. The number of ether oxygens (including phenoxy) is 2. The predicted molar refractivity (Wildman–Crippen MR) is 101 cm³/mol. The number of thioether (sulfide) groups is 1. The molecule has 1 heterocycles. The van der Waals surface area contributed by atoms with E-state index in [1.807, 2.05) is 60.9 Å². The molecule has 0 aliphatic heterocycles. The minimum Gasteiger partial charge on any atom is -0.490 e. The average molecular weight is 368 g/mol. The maximum Gasteiger partial charge on any atom is 0.128 e. The highest BCUT2D eigenvalue weighted by molar-refractivity contribution is 7.98. The summed E-state index contributed by atoms with van der Waals surface area (Å²) in [4.78, 5) is 0.894. The van der Waals surface area contributed by atoms with E-state index in [4.69, 9.17) is 9.47 Å². The van der Waals surface area contributed by atoms with Gasteiger partial charge in [0.25, 0.3) is 0 Å². The molecule has 0 spiro atoms. The van der Waals surface area contributed by atoms with Gasteiger partial charge in [-0.15, -0.1) is 11.8 Å². The van der Waals surface area contributed by atoms with Crippen LogP contribution in [0.3, 0.4) is 0 Å². The van der Waals surface area contributed by atoms with Gasteiger partial charge < -0.3 is 9.47 Å². The zero-order valence-electron chi connectivity index (χ0n) is 13.6. The summed E-state index contributed by atoms with van der Waals surface area (Å²) in [6, 6.07) is 19.6. The first-order valence-corrected chi connectivity index (χ1v) is 9.66. The van der Waals surface area contributed by atoms with Gasteiger partial charge in [-0.1, -0.05) is 18.2 Å². The van der Waals surface area contributed by atoms with Gasteiger partial charge >= 0.3 is 0 Å². The highest BCUT2D eigenvalue weighted by Gasteiger charge is 2.14. The van der Waals surface area contributed by atoms with E-state index in [1.165, 1.54) is 23.3 Å². The molecule has 0 saturated heterocycles. The van der Waals surface area contributed by atoms with Gasteiger partial charge in [0.05, 0.1) is 4.88 Å². The first-order valence-electron chi connectivity index (χ1n) is 7.66.